The molecule has 0 saturated heterocycles. The molecule has 8 nitrogen and oxygen atoms in total. The van der Waals surface area contributed by atoms with Crippen LogP contribution in [0.3, 0.4) is 0 Å². The van der Waals surface area contributed by atoms with E-state index in [0.717, 1.165) is 18.1 Å². The zero-order valence-electron chi connectivity index (χ0n) is 11.3. The van der Waals surface area contributed by atoms with Crippen molar-refractivity contribution >= 4 is 39.8 Å². The van der Waals surface area contributed by atoms with Gasteiger partial charge in [-0.25, -0.2) is 15.0 Å². The Morgan fingerprint density at radius 3 is 2.55 bits per heavy atom. The Morgan fingerprint density at radius 2 is 2.10 bits per heavy atom. The molecule has 0 saturated carbocycles. The molecule has 10 heteroatoms. The minimum absolute atomic E-state index is 0.109. The fraction of sp³-hybridized carbons (Fsp3) is 0.500. The van der Waals surface area contributed by atoms with E-state index in [2.05, 4.69) is 9.97 Å². The SMILES string of the molecule is CCN(CC)C(=S)Sc1ncnc(N(C)O)c1[N+](=O)[O-]. The van der Waals surface area contributed by atoms with Crippen LogP contribution in [0, 0.1) is 10.1 Å². The van der Waals surface area contributed by atoms with E-state index in [1.807, 2.05) is 18.7 Å². The molecule has 0 bridgehead atoms. The molecule has 0 aliphatic heterocycles. The first-order valence-electron chi connectivity index (χ1n) is 5.81. The van der Waals surface area contributed by atoms with Crippen LogP contribution in [0.15, 0.2) is 11.4 Å². The fourth-order valence-corrected chi connectivity index (χ4v) is 2.86. The zero-order valence-corrected chi connectivity index (χ0v) is 12.9. The smallest absolute Gasteiger partial charge is 0.346 e. The summed E-state index contributed by atoms with van der Waals surface area (Å²) < 4.78 is 0.489. The molecule has 0 aromatic carbocycles. The van der Waals surface area contributed by atoms with Crippen LogP contribution in [0.25, 0.3) is 0 Å². The Balaban J connectivity index is 3.15. The molecule has 110 valence electrons. The van der Waals surface area contributed by atoms with E-state index in [4.69, 9.17) is 12.2 Å². The molecule has 0 unspecified atom stereocenters. The molecule has 1 aromatic heterocycles. The van der Waals surface area contributed by atoms with Crippen molar-refractivity contribution in [1.82, 2.24) is 14.9 Å². The lowest BCUT2D eigenvalue weighted by Crippen LogP contribution is -2.26. The van der Waals surface area contributed by atoms with Crippen molar-refractivity contribution in [2.24, 2.45) is 0 Å². The number of thiocarbonyl (C=S) groups is 1. The first-order valence-corrected chi connectivity index (χ1v) is 7.03. The molecule has 0 radical (unpaired) electrons. The lowest BCUT2D eigenvalue weighted by atomic mass is 10.5. The number of anilines is 1. The second kappa shape index (κ2) is 7.31. The van der Waals surface area contributed by atoms with E-state index in [0.29, 0.717) is 22.5 Å². The van der Waals surface area contributed by atoms with E-state index in [9.17, 15) is 15.3 Å². The lowest BCUT2D eigenvalue weighted by molar-refractivity contribution is -0.387. The van der Waals surface area contributed by atoms with Crippen molar-refractivity contribution in [3.63, 3.8) is 0 Å². The van der Waals surface area contributed by atoms with E-state index in [-0.39, 0.29) is 16.5 Å². The molecule has 0 atom stereocenters. The van der Waals surface area contributed by atoms with Crippen LogP contribution in [0.4, 0.5) is 11.5 Å². The van der Waals surface area contributed by atoms with Crippen LogP contribution in [0.2, 0.25) is 0 Å². The average molecular weight is 317 g/mol. The summed E-state index contributed by atoms with van der Waals surface area (Å²) in [5.41, 5.74) is -0.364. The number of hydrogen-bond acceptors (Lipinski definition) is 8. The molecule has 0 spiro atoms. The summed E-state index contributed by atoms with van der Waals surface area (Å²) >= 11 is 6.25. The van der Waals surface area contributed by atoms with Gasteiger partial charge in [0.15, 0.2) is 5.03 Å². The van der Waals surface area contributed by atoms with Gasteiger partial charge in [0.25, 0.3) is 0 Å². The number of aromatic nitrogens is 2. The van der Waals surface area contributed by atoms with E-state index in [1.54, 1.807) is 0 Å². The highest BCUT2D eigenvalue weighted by atomic mass is 32.2. The van der Waals surface area contributed by atoms with Gasteiger partial charge in [-0.3, -0.25) is 15.3 Å². The first-order chi connectivity index (χ1) is 9.42. The van der Waals surface area contributed by atoms with Crippen LogP contribution >= 0.6 is 24.0 Å². The fourth-order valence-electron chi connectivity index (χ4n) is 1.45. The highest BCUT2D eigenvalue weighted by molar-refractivity contribution is 8.22. The predicted octanol–water partition coefficient (Wildman–Crippen LogP) is 1.93. The Morgan fingerprint density at radius 1 is 1.50 bits per heavy atom. The first kappa shape index (κ1) is 16.5. The molecule has 1 rings (SSSR count). The highest BCUT2D eigenvalue weighted by Crippen LogP contribution is 2.34. The maximum Gasteiger partial charge on any atom is 0.346 e. The Labute approximate surface area is 125 Å². The second-order valence-corrected chi connectivity index (χ2v) is 5.29. The van der Waals surface area contributed by atoms with Gasteiger partial charge in [-0.2, -0.15) is 0 Å². The summed E-state index contributed by atoms with van der Waals surface area (Å²) in [6, 6.07) is 0. The molecule has 1 heterocycles. The zero-order chi connectivity index (χ0) is 15.3. The summed E-state index contributed by atoms with van der Waals surface area (Å²) in [5, 5.41) is 21.3. The third-order valence-electron chi connectivity index (χ3n) is 2.46. The minimum atomic E-state index is -0.630. The van der Waals surface area contributed by atoms with Gasteiger partial charge >= 0.3 is 5.69 Å². The van der Waals surface area contributed by atoms with Gasteiger partial charge in [0.1, 0.15) is 10.6 Å². The van der Waals surface area contributed by atoms with Crippen molar-refractivity contribution in [1.29, 1.82) is 0 Å². The largest absolute Gasteiger partial charge is 0.358 e. The molecule has 0 amide bonds. The van der Waals surface area contributed by atoms with Crippen LogP contribution in [0.1, 0.15) is 13.8 Å². The summed E-state index contributed by atoms with van der Waals surface area (Å²) in [6.07, 6.45) is 1.15. The third kappa shape index (κ3) is 3.74. The standard InChI is InChI=1S/C10H15N5O3S2/c1-4-14(5-2)10(19)20-9-7(15(17)18)8(13(3)16)11-6-12-9/h6,16H,4-5H2,1-3H3. The molecule has 0 fully saturated rings. The van der Waals surface area contributed by atoms with Crippen molar-refractivity contribution < 1.29 is 10.1 Å². The molecule has 1 N–H and O–H groups in total. The topological polar surface area (TPSA) is 95.6 Å². The van der Waals surface area contributed by atoms with Gasteiger partial charge in [-0.15, -0.1) is 0 Å². The summed E-state index contributed by atoms with van der Waals surface area (Å²) in [5.74, 6) is -0.171. The van der Waals surface area contributed by atoms with Crippen LogP contribution < -0.4 is 5.06 Å². The van der Waals surface area contributed by atoms with Gasteiger partial charge in [0, 0.05) is 20.1 Å². The van der Waals surface area contributed by atoms with Crippen molar-refractivity contribution in [3.8, 4) is 0 Å². The van der Waals surface area contributed by atoms with Gasteiger partial charge in [0.05, 0.1) is 4.92 Å². The summed E-state index contributed by atoms with van der Waals surface area (Å²) in [7, 11) is 1.26. The van der Waals surface area contributed by atoms with Crippen LogP contribution in [0.5, 0.6) is 0 Å². The normalized spacial score (nSPS) is 10.2. The summed E-state index contributed by atoms with van der Waals surface area (Å²) in [6.45, 7) is 5.29. The predicted molar refractivity (Wildman–Crippen MR) is 80.3 cm³/mol. The average Bonchev–Trinajstić information content (AvgIpc) is 2.39. The Kier molecular flexibility index (Phi) is 6.05. The van der Waals surface area contributed by atoms with Crippen molar-refractivity contribution in [3.05, 3.63) is 16.4 Å². The quantitative estimate of drug-likeness (QED) is 0.287. The summed E-state index contributed by atoms with van der Waals surface area (Å²) in [4.78, 5) is 20.0. The number of nitro groups is 1. The lowest BCUT2D eigenvalue weighted by Gasteiger charge is -2.20. The van der Waals surface area contributed by atoms with Gasteiger partial charge in [-0.1, -0.05) is 12.2 Å². The minimum Gasteiger partial charge on any atom is -0.358 e. The van der Waals surface area contributed by atoms with Crippen molar-refractivity contribution in [2.45, 2.75) is 18.9 Å². The Hall–Kier alpha value is -1.52. The number of thioether (sulfide) groups is 1. The van der Waals surface area contributed by atoms with E-state index >= 15 is 0 Å². The highest BCUT2D eigenvalue weighted by Gasteiger charge is 2.27. The molecule has 0 aliphatic rings. The van der Waals surface area contributed by atoms with Gasteiger partial charge < -0.3 is 4.90 Å². The van der Waals surface area contributed by atoms with E-state index < -0.39 is 4.92 Å². The maximum absolute atomic E-state index is 11.2. The van der Waals surface area contributed by atoms with Crippen LogP contribution in [-0.2, 0) is 0 Å². The molecule has 0 aliphatic carbocycles. The van der Waals surface area contributed by atoms with Crippen LogP contribution in [-0.4, -0.2) is 49.5 Å². The maximum atomic E-state index is 11.2. The molecule has 1 aromatic rings. The number of hydrogen-bond donors (Lipinski definition) is 1. The van der Waals surface area contributed by atoms with E-state index in [1.165, 1.54) is 7.05 Å². The molecule has 20 heavy (non-hydrogen) atoms. The van der Waals surface area contributed by atoms with Gasteiger partial charge in [0.2, 0.25) is 5.82 Å². The number of nitrogens with zero attached hydrogens (tertiary/aromatic N) is 5. The number of hydroxylamine groups is 1. The molecular weight excluding hydrogens is 302 g/mol. The Bertz CT molecular complexity index is 508. The second-order valence-electron chi connectivity index (χ2n) is 3.67. The third-order valence-corrected chi connectivity index (χ3v) is 3.90. The molecular formula is C10H15N5O3S2. The number of rotatable bonds is 5. The monoisotopic (exact) mass is 317 g/mol. The van der Waals surface area contributed by atoms with Gasteiger partial charge in [-0.05, 0) is 25.6 Å². The van der Waals surface area contributed by atoms with Crippen molar-refractivity contribution in [2.75, 3.05) is 25.2 Å².